The monoisotopic (exact) mass is 298 g/mol. The molecule has 0 radical (unpaired) electrons. The molecule has 0 unspecified atom stereocenters. The molecule has 8 nitrogen and oxygen atoms in total. The van der Waals surface area contributed by atoms with Crippen molar-refractivity contribution in [3.63, 3.8) is 0 Å². The van der Waals surface area contributed by atoms with E-state index in [1.54, 1.807) is 6.20 Å². The number of halogens is 1. The average Bonchev–Trinajstić information content (AvgIpc) is 2.80. The first-order valence-corrected chi connectivity index (χ1v) is 5.19. The molecule has 2 heterocycles. The third-order valence-corrected chi connectivity index (χ3v) is 2.70. The number of H-pyrrole nitrogens is 1. The third kappa shape index (κ3) is 1.91. The smallest absolute Gasteiger partial charge is 0.267 e. The maximum absolute atomic E-state index is 11.4. The van der Waals surface area contributed by atoms with Crippen LogP contribution in [0.25, 0.3) is 5.82 Å². The predicted molar refractivity (Wildman–Crippen MR) is 62.2 cm³/mol. The topological polar surface area (TPSA) is 122 Å². The Labute approximate surface area is 103 Å². The average molecular weight is 299 g/mol. The van der Waals surface area contributed by atoms with Gasteiger partial charge in [-0.05, 0) is 15.9 Å². The molecular formula is C8H7BrN6O2. The molecule has 2 rings (SSSR count). The van der Waals surface area contributed by atoms with Gasteiger partial charge in [-0.15, -0.1) is 0 Å². The van der Waals surface area contributed by atoms with E-state index in [4.69, 9.17) is 10.9 Å². The lowest BCUT2D eigenvalue weighted by molar-refractivity contribution is 0.318. The van der Waals surface area contributed by atoms with Crippen molar-refractivity contribution in [2.24, 2.45) is 10.9 Å². The zero-order valence-corrected chi connectivity index (χ0v) is 9.92. The molecule has 0 amide bonds. The lowest BCUT2D eigenvalue weighted by Crippen LogP contribution is -2.21. The van der Waals surface area contributed by atoms with E-state index in [-0.39, 0.29) is 21.7 Å². The molecule has 88 valence electrons. The van der Waals surface area contributed by atoms with Gasteiger partial charge in [0, 0.05) is 12.4 Å². The first kappa shape index (κ1) is 11.3. The van der Waals surface area contributed by atoms with Gasteiger partial charge < -0.3 is 15.9 Å². The van der Waals surface area contributed by atoms with E-state index in [0.29, 0.717) is 5.82 Å². The van der Waals surface area contributed by atoms with Crippen molar-refractivity contribution in [2.75, 3.05) is 0 Å². The Bertz CT molecular complexity index is 631. The number of aromatic amines is 1. The Hall–Kier alpha value is -2.16. The summed E-state index contributed by atoms with van der Waals surface area (Å²) in [4.78, 5) is 21.7. The Balaban J connectivity index is 2.66. The van der Waals surface area contributed by atoms with Crippen LogP contribution < -0.4 is 11.3 Å². The minimum absolute atomic E-state index is 0.177. The zero-order chi connectivity index (χ0) is 12.4. The molecule has 0 aliphatic rings. The fourth-order valence-electron chi connectivity index (χ4n) is 1.25. The molecule has 2 aromatic heterocycles. The van der Waals surface area contributed by atoms with Crippen LogP contribution in [-0.4, -0.2) is 30.6 Å². The molecule has 0 bridgehead atoms. The number of hydrogen-bond acceptors (Lipinski definition) is 5. The Morgan fingerprint density at radius 2 is 2.35 bits per heavy atom. The van der Waals surface area contributed by atoms with E-state index in [2.05, 4.69) is 36.0 Å². The van der Waals surface area contributed by atoms with Crippen molar-refractivity contribution in [1.29, 1.82) is 0 Å². The molecule has 0 spiro atoms. The summed E-state index contributed by atoms with van der Waals surface area (Å²) in [7, 11) is 0. The van der Waals surface area contributed by atoms with Crippen LogP contribution in [0.3, 0.4) is 0 Å². The van der Waals surface area contributed by atoms with Crippen LogP contribution in [0, 0.1) is 0 Å². The fraction of sp³-hybridized carbons (Fsp3) is 0. The van der Waals surface area contributed by atoms with Crippen molar-refractivity contribution in [1.82, 2.24) is 19.5 Å². The van der Waals surface area contributed by atoms with Gasteiger partial charge in [0.05, 0.1) is 6.33 Å². The molecular weight excluding hydrogens is 292 g/mol. The van der Waals surface area contributed by atoms with Crippen LogP contribution in [-0.2, 0) is 0 Å². The zero-order valence-electron chi connectivity index (χ0n) is 8.33. The van der Waals surface area contributed by atoms with Gasteiger partial charge in [0.15, 0.2) is 11.6 Å². The van der Waals surface area contributed by atoms with Gasteiger partial charge in [0.1, 0.15) is 4.47 Å². The van der Waals surface area contributed by atoms with Crippen molar-refractivity contribution < 1.29 is 5.21 Å². The minimum Gasteiger partial charge on any atom is -0.409 e. The summed E-state index contributed by atoms with van der Waals surface area (Å²) in [5, 5.41) is 11.5. The number of nitrogens with zero attached hydrogens (tertiary/aromatic N) is 4. The highest BCUT2D eigenvalue weighted by Gasteiger charge is 2.14. The van der Waals surface area contributed by atoms with Gasteiger partial charge >= 0.3 is 0 Å². The van der Waals surface area contributed by atoms with Crippen molar-refractivity contribution in [3.8, 4) is 5.82 Å². The Morgan fingerprint density at radius 3 is 3.06 bits per heavy atom. The molecule has 2 aromatic rings. The molecule has 17 heavy (non-hydrogen) atoms. The standard InChI is InChI=1S/C8H7BrN6O2/c9-4-6(12-3-13-8(4)16)15-2-1-11-7(15)5(10)14-17/h1-3,17H,(H2,10,14)(H,12,13,16). The van der Waals surface area contributed by atoms with Crippen molar-refractivity contribution in [3.05, 3.63) is 39.4 Å². The van der Waals surface area contributed by atoms with Crippen LogP contribution in [0.5, 0.6) is 0 Å². The first-order chi connectivity index (χ1) is 8.15. The maximum atomic E-state index is 11.4. The predicted octanol–water partition coefficient (Wildman–Crippen LogP) is -0.187. The molecule has 0 aromatic carbocycles. The lowest BCUT2D eigenvalue weighted by atomic mass is 10.5. The summed E-state index contributed by atoms with van der Waals surface area (Å²) in [5.74, 6) is 0.308. The molecule has 0 saturated carbocycles. The SMILES string of the molecule is N/C(=N/O)c1nccn1-c1nc[nH]c(=O)c1Br. The molecule has 0 saturated heterocycles. The number of nitrogens with one attached hydrogen (secondary N) is 1. The van der Waals surface area contributed by atoms with E-state index < -0.39 is 0 Å². The molecule has 0 atom stereocenters. The summed E-state index contributed by atoms with van der Waals surface area (Å²) in [5.41, 5.74) is 5.11. The fourth-order valence-corrected chi connectivity index (χ4v) is 1.66. The maximum Gasteiger partial charge on any atom is 0.267 e. The highest BCUT2D eigenvalue weighted by molar-refractivity contribution is 9.10. The largest absolute Gasteiger partial charge is 0.409 e. The summed E-state index contributed by atoms with van der Waals surface area (Å²) < 4.78 is 1.65. The lowest BCUT2D eigenvalue weighted by Gasteiger charge is -2.06. The number of hydrogen-bond donors (Lipinski definition) is 3. The van der Waals surface area contributed by atoms with Gasteiger partial charge in [-0.2, -0.15) is 0 Å². The highest BCUT2D eigenvalue weighted by Crippen LogP contribution is 2.14. The Kier molecular flexibility index (Phi) is 2.91. The summed E-state index contributed by atoms with van der Waals surface area (Å²) >= 11 is 3.11. The third-order valence-electron chi connectivity index (χ3n) is 1.98. The molecule has 0 fully saturated rings. The van der Waals surface area contributed by atoms with Crippen molar-refractivity contribution in [2.45, 2.75) is 0 Å². The quantitative estimate of drug-likeness (QED) is 0.307. The van der Waals surface area contributed by atoms with E-state index in [9.17, 15) is 4.79 Å². The number of imidazole rings is 1. The van der Waals surface area contributed by atoms with Crippen LogP contribution in [0.4, 0.5) is 0 Å². The molecule has 0 aliphatic heterocycles. The number of nitrogens with two attached hydrogens (primary N) is 1. The number of aromatic nitrogens is 4. The normalized spacial score (nSPS) is 11.7. The molecule has 4 N–H and O–H groups in total. The van der Waals surface area contributed by atoms with Crippen LogP contribution >= 0.6 is 15.9 Å². The second-order valence-corrected chi connectivity index (χ2v) is 3.77. The molecule has 0 aliphatic carbocycles. The van der Waals surface area contributed by atoms with E-state index in [1.165, 1.54) is 17.1 Å². The van der Waals surface area contributed by atoms with E-state index >= 15 is 0 Å². The second-order valence-electron chi connectivity index (χ2n) is 2.98. The van der Waals surface area contributed by atoms with Crippen LogP contribution in [0.1, 0.15) is 5.82 Å². The van der Waals surface area contributed by atoms with Gasteiger partial charge in [0.25, 0.3) is 5.56 Å². The van der Waals surface area contributed by atoms with E-state index in [0.717, 1.165) is 0 Å². The van der Waals surface area contributed by atoms with Gasteiger partial charge in [-0.1, -0.05) is 5.16 Å². The number of oxime groups is 1. The van der Waals surface area contributed by atoms with Gasteiger partial charge in [0.2, 0.25) is 5.84 Å². The number of rotatable bonds is 2. The van der Waals surface area contributed by atoms with Gasteiger partial charge in [-0.3, -0.25) is 9.36 Å². The van der Waals surface area contributed by atoms with E-state index in [1.807, 2.05) is 0 Å². The first-order valence-electron chi connectivity index (χ1n) is 4.40. The van der Waals surface area contributed by atoms with Crippen molar-refractivity contribution >= 4 is 21.8 Å². The molecule has 9 heteroatoms. The van der Waals surface area contributed by atoms with Crippen LogP contribution in [0.15, 0.2) is 33.1 Å². The summed E-state index contributed by atoms with van der Waals surface area (Å²) in [6.45, 7) is 0. The van der Waals surface area contributed by atoms with Crippen LogP contribution in [0.2, 0.25) is 0 Å². The summed E-state index contributed by atoms with van der Waals surface area (Å²) in [6, 6.07) is 0. The number of amidine groups is 1. The highest BCUT2D eigenvalue weighted by atomic mass is 79.9. The Morgan fingerprint density at radius 1 is 1.59 bits per heavy atom. The second kappa shape index (κ2) is 4.37. The summed E-state index contributed by atoms with van der Waals surface area (Å²) in [6.07, 6.45) is 4.24. The minimum atomic E-state index is -0.339. The van der Waals surface area contributed by atoms with Gasteiger partial charge in [-0.25, -0.2) is 9.97 Å².